The van der Waals surface area contributed by atoms with Crippen molar-refractivity contribution >= 4 is 34.4 Å². The lowest BCUT2D eigenvalue weighted by Crippen LogP contribution is -2.43. The Morgan fingerprint density at radius 1 is 1.00 bits per heavy atom. The molecule has 3 amide bonds. The first-order chi connectivity index (χ1) is 19.0. The number of thiazole rings is 1. The monoisotopic (exact) mass is 546 g/mol. The van der Waals surface area contributed by atoms with Crippen molar-refractivity contribution in [1.29, 1.82) is 0 Å². The van der Waals surface area contributed by atoms with Gasteiger partial charge in [-0.15, -0.1) is 11.3 Å². The molecular weight excluding hydrogens is 512 g/mol. The molecule has 8 nitrogen and oxygen atoms in total. The number of hydrogen-bond donors (Lipinski definition) is 1. The number of aromatic nitrogens is 1. The lowest BCUT2D eigenvalue weighted by molar-refractivity contribution is -0.120. The van der Waals surface area contributed by atoms with Gasteiger partial charge in [0.2, 0.25) is 5.91 Å². The molecule has 5 rings (SSSR count). The van der Waals surface area contributed by atoms with Crippen LogP contribution in [0.2, 0.25) is 0 Å². The fraction of sp³-hybridized carbons (Fsp3) is 0.400. The molecule has 0 radical (unpaired) electrons. The van der Waals surface area contributed by atoms with Crippen LogP contribution in [0.5, 0.6) is 0 Å². The molecule has 1 aliphatic carbocycles. The van der Waals surface area contributed by atoms with Crippen LogP contribution >= 0.6 is 11.3 Å². The fourth-order valence-electron chi connectivity index (χ4n) is 5.33. The number of carbonyl (C=O) groups excluding carboxylic acids is 3. The van der Waals surface area contributed by atoms with Crippen molar-refractivity contribution in [2.45, 2.75) is 63.6 Å². The highest BCUT2D eigenvalue weighted by Gasteiger charge is 2.35. The zero-order valence-corrected chi connectivity index (χ0v) is 23.0. The van der Waals surface area contributed by atoms with Gasteiger partial charge in [0.25, 0.3) is 5.91 Å². The molecule has 2 aromatic carbocycles. The highest BCUT2D eigenvalue weighted by Crippen LogP contribution is 2.28. The first-order valence-corrected chi connectivity index (χ1v) is 14.5. The number of nitrogens with zero attached hydrogens (tertiary/aromatic N) is 3. The summed E-state index contributed by atoms with van der Waals surface area (Å²) < 4.78 is 5.45. The van der Waals surface area contributed by atoms with E-state index in [0.29, 0.717) is 29.7 Å². The van der Waals surface area contributed by atoms with Crippen LogP contribution in [0.1, 0.15) is 60.9 Å². The second-order valence-corrected chi connectivity index (χ2v) is 11.1. The van der Waals surface area contributed by atoms with Crippen LogP contribution in [-0.2, 0) is 16.1 Å². The fourth-order valence-corrected chi connectivity index (χ4v) is 6.06. The van der Waals surface area contributed by atoms with Crippen molar-refractivity contribution in [2.75, 3.05) is 18.9 Å². The van der Waals surface area contributed by atoms with Gasteiger partial charge in [-0.05, 0) is 43.4 Å². The quantitative estimate of drug-likeness (QED) is 0.395. The Labute approximate surface area is 233 Å². The van der Waals surface area contributed by atoms with Gasteiger partial charge in [-0.3, -0.25) is 14.5 Å². The second-order valence-electron chi connectivity index (χ2n) is 10.2. The van der Waals surface area contributed by atoms with Crippen molar-refractivity contribution in [2.24, 2.45) is 0 Å². The maximum atomic E-state index is 13.0. The molecule has 0 bridgehead atoms. The topological polar surface area (TPSA) is 91.8 Å². The van der Waals surface area contributed by atoms with E-state index in [2.05, 4.69) is 10.3 Å². The van der Waals surface area contributed by atoms with Crippen LogP contribution in [0.15, 0.2) is 60.0 Å². The molecule has 1 saturated carbocycles. The average Bonchev–Trinajstić information content (AvgIpc) is 3.67. The summed E-state index contributed by atoms with van der Waals surface area (Å²) in [5.41, 5.74) is 3.15. The van der Waals surface area contributed by atoms with Crippen molar-refractivity contribution in [1.82, 2.24) is 14.8 Å². The highest BCUT2D eigenvalue weighted by molar-refractivity contribution is 7.14. The van der Waals surface area contributed by atoms with E-state index < -0.39 is 12.1 Å². The number of carbonyl (C=O) groups is 3. The molecule has 2 fully saturated rings. The van der Waals surface area contributed by atoms with E-state index in [1.165, 1.54) is 35.5 Å². The molecule has 0 spiro atoms. The largest absolute Gasteiger partial charge is 0.445 e. The zero-order chi connectivity index (χ0) is 27.2. The minimum Gasteiger partial charge on any atom is -0.445 e. The molecule has 1 aliphatic heterocycles. The average molecular weight is 547 g/mol. The molecule has 204 valence electrons. The summed E-state index contributed by atoms with van der Waals surface area (Å²) >= 11 is 1.33. The predicted molar refractivity (Wildman–Crippen MR) is 152 cm³/mol. The van der Waals surface area contributed by atoms with Gasteiger partial charge in [0, 0.05) is 36.1 Å². The normalized spacial score (nSPS) is 17.6. The number of nitrogens with one attached hydrogen (secondary N) is 1. The first kappa shape index (κ1) is 26.9. The molecule has 9 heteroatoms. The molecule has 1 unspecified atom stereocenters. The second kappa shape index (κ2) is 12.4. The summed E-state index contributed by atoms with van der Waals surface area (Å²) in [6.45, 7) is 0.650. The van der Waals surface area contributed by atoms with E-state index in [9.17, 15) is 14.4 Å². The number of rotatable bonds is 7. The summed E-state index contributed by atoms with van der Waals surface area (Å²) in [5.74, 6) is -0.222. The van der Waals surface area contributed by atoms with Gasteiger partial charge in [0.1, 0.15) is 12.6 Å². The Kier molecular flexibility index (Phi) is 8.56. The van der Waals surface area contributed by atoms with Crippen molar-refractivity contribution in [3.63, 3.8) is 0 Å². The molecule has 1 aromatic heterocycles. The van der Waals surface area contributed by atoms with Gasteiger partial charge in [-0.2, -0.15) is 0 Å². The maximum Gasteiger partial charge on any atom is 0.410 e. The highest BCUT2D eigenvalue weighted by atomic mass is 32.1. The van der Waals surface area contributed by atoms with E-state index in [1.54, 1.807) is 0 Å². The third-order valence-corrected chi connectivity index (χ3v) is 8.36. The Morgan fingerprint density at radius 3 is 2.49 bits per heavy atom. The van der Waals surface area contributed by atoms with Gasteiger partial charge in [-0.1, -0.05) is 61.7 Å². The first-order valence-electron chi connectivity index (χ1n) is 13.6. The number of benzene rings is 2. The van der Waals surface area contributed by atoms with Crippen LogP contribution in [-0.4, -0.2) is 58.4 Å². The van der Waals surface area contributed by atoms with Gasteiger partial charge >= 0.3 is 6.09 Å². The SMILES string of the molecule is CN(C(=O)c1ccc(-c2csc(NC(=O)C3CCCN3C(=O)OCc3ccccc3)n2)cc1)C1CCCCC1. The van der Waals surface area contributed by atoms with E-state index in [-0.39, 0.29) is 18.4 Å². The molecule has 1 N–H and O–H groups in total. The van der Waals surface area contributed by atoms with Crippen LogP contribution in [0.4, 0.5) is 9.93 Å². The third kappa shape index (κ3) is 6.47. The van der Waals surface area contributed by atoms with Crippen LogP contribution in [0.25, 0.3) is 11.3 Å². The Bertz CT molecular complexity index is 1290. The van der Waals surface area contributed by atoms with Gasteiger partial charge < -0.3 is 15.0 Å². The zero-order valence-electron chi connectivity index (χ0n) is 22.2. The van der Waals surface area contributed by atoms with E-state index in [0.717, 1.165) is 36.1 Å². The summed E-state index contributed by atoms with van der Waals surface area (Å²) in [6.07, 6.45) is 6.59. The summed E-state index contributed by atoms with van der Waals surface area (Å²) in [7, 11) is 1.90. The Morgan fingerprint density at radius 2 is 1.74 bits per heavy atom. The van der Waals surface area contributed by atoms with Gasteiger partial charge in [0.05, 0.1) is 5.69 Å². The standard InChI is InChI=1S/C30H34N4O4S/c1-33(24-11-6-3-7-12-24)28(36)23-16-14-22(15-17-23)25-20-39-29(31-25)32-27(35)26-13-8-18-34(26)30(37)38-19-21-9-4-2-5-10-21/h2,4-5,9-10,14-17,20,24,26H,3,6-8,11-13,18-19H2,1H3,(H,31,32,35). The predicted octanol–water partition coefficient (Wildman–Crippen LogP) is 5.95. The van der Waals surface area contributed by atoms with Crippen LogP contribution < -0.4 is 5.32 Å². The van der Waals surface area contributed by atoms with E-state index >= 15 is 0 Å². The lowest BCUT2D eigenvalue weighted by atomic mass is 9.94. The third-order valence-electron chi connectivity index (χ3n) is 7.60. The number of likely N-dealkylation sites (tertiary alicyclic amines) is 1. The van der Waals surface area contributed by atoms with E-state index in [4.69, 9.17) is 4.74 Å². The number of ether oxygens (including phenoxy) is 1. The summed E-state index contributed by atoms with van der Waals surface area (Å²) in [4.78, 5) is 46.6. The van der Waals surface area contributed by atoms with Gasteiger partial charge in [0.15, 0.2) is 5.13 Å². The Hall–Kier alpha value is -3.72. The maximum absolute atomic E-state index is 13.0. The molecule has 2 aliphatic rings. The number of anilines is 1. The van der Waals surface area contributed by atoms with Crippen molar-refractivity contribution in [3.05, 3.63) is 71.1 Å². The molecule has 39 heavy (non-hydrogen) atoms. The number of hydrogen-bond acceptors (Lipinski definition) is 6. The summed E-state index contributed by atoms with van der Waals surface area (Å²) in [5, 5.41) is 5.22. The van der Waals surface area contributed by atoms with Crippen LogP contribution in [0.3, 0.4) is 0 Å². The molecule has 1 saturated heterocycles. The number of amides is 3. The van der Waals surface area contributed by atoms with Crippen molar-refractivity contribution in [3.8, 4) is 11.3 Å². The molecule has 3 aromatic rings. The van der Waals surface area contributed by atoms with E-state index in [1.807, 2.05) is 71.9 Å². The molecular formula is C30H34N4O4S. The minimum absolute atomic E-state index is 0.0445. The van der Waals surface area contributed by atoms with Crippen molar-refractivity contribution < 1.29 is 19.1 Å². The van der Waals surface area contributed by atoms with Crippen LogP contribution in [0, 0.1) is 0 Å². The smallest absolute Gasteiger partial charge is 0.410 e. The molecule has 2 heterocycles. The Balaban J connectivity index is 1.17. The minimum atomic E-state index is -0.591. The molecule has 1 atom stereocenters. The van der Waals surface area contributed by atoms with Gasteiger partial charge in [-0.25, -0.2) is 9.78 Å². The lowest BCUT2D eigenvalue weighted by Gasteiger charge is -2.31. The summed E-state index contributed by atoms with van der Waals surface area (Å²) in [6, 6.07) is 16.7.